The van der Waals surface area contributed by atoms with Crippen LogP contribution >= 0.6 is 0 Å². The molecular formula is C14H24O. The van der Waals surface area contributed by atoms with E-state index < -0.39 is 0 Å². The molecule has 15 heavy (non-hydrogen) atoms. The molecule has 0 aromatic heterocycles. The molecule has 0 radical (unpaired) electrons. The first-order chi connectivity index (χ1) is 6.97. The lowest BCUT2D eigenvalue weighted by Gasteiger charge is -2.37. The number of carbonyl (C=O) groups is 1. The fourth-order valence-corrected chi connectivity index (χ4v) is 3.47. The normalized spacial score (nSPS) is 37.6. The van der Waals surface area contributed by atoms with Gasteiger partial charge < -0.3 is 0 Å². The van der Waals surface area contributed by atoms with E-state index in [1.165, 1.54) is 6.42 Å². The third-order valence-electron chi connectivity index (χ3n) is 4.67. The van der Waals surface area contributed by atoms with E-state index >= 15 is 0 Å². The Morgan fingerprint density at radius 3 is 2.60 bits per heavy atom. The monoisotopic (exact) mass is 208 g/mol. The summed E-state index contributed by atoms with van der Waals surface area (Å²) in [6.07, 6.45) is 5.39. The highest BCUT2D eigenvalue weighted by molar-refractivity contribution is 5.79. The van der Waals surface area contributed by atoms with Crippen molar-refractivity contribution in [2.75, 3.05) is 0 Å². The SMILES string of the molecule is C=CC(C)C1CCC(C(C)=O)C1(C)CC. The summed E-state index contributed by atoms with van der Waals surface area (Å²) < 4.78 is 0. The van der Waals surface area contributed by atoms with Crippen molar-refractivity contribution in [3.63, 3.8) is 0 Å². The molecule has 86 valence electrons. The van der Waals surface area contributed by atoms with Gasteiger partial charge in [-0.05, 0) is 43.4 Å². The molecule has 0 aromatic rings. The Kier molecular flexibility index (Phi) is 3.75. The lowest BCUT2D eigenvalue weighted by molar-refractivity contribution is -0.124. The number of carbonyl (C=O) groups excluding carboxylic acids is 1. The molecule has 0 amide bonds. The average molecular weight is 208 g/mol. The third kappa shape index (κ3) is 2.02. The molecule has 1 aliphatic rings. The number of Topliss-reactive ketones (excluding diaryl/α,β-unsaturated/α-hetero) is 1. The first kappa shape index (κ1) is 12.5. The van der Waals surface area contributed by atoms with Gasteiger partial charge in [0, 0.05) is 5.92 Å². The molecule has 0 bridgehead atoms. The molecular weight excluding hydrogens is 184 g/mol. The molecule has 0 saturated heterocycles. The molecule has 0 spiro atoms. The molecule has 1 heteroatoms. The van der Waals surface area contributed by atoms with E-state index in [0.29, 0.717) is 17.6 Å². The van der Waals surface area contributed by atoms with Crippen molar-refractivity contribution in [3.05, 3.63) is 12.7 Å². The maximum atomic E-state index is 11.7. The summed E-state index contributed by atoms with van der Waals surface area (Å²) in [5, 5.41) is 0. The van der Waals surface area contributed by atoms with Crippen LogP contribution in [0.1, 0.15) is 47.0 Å². The highest BCUT2D eigenvalue weighted by atomic mass is 16.1. The summed E-state index contributed by atoms with van der Waals surface area (Å²) in [6.45, 7) is 12.4. The fourth-order valence-electron chi connectivity index (χ4n) is 3.47. The Morgan fingerprint density at radius 1 is 1.60 bits per heavy atom. The van der Waals surface area contributed by atoms with Gasteiger partial charge in [-0.1, -0.05) is 26.8 Å². The van der Waals surface area contributed by atoms with Crippen LogP contribution in [-0.4, -0.2) is 5.78 Å². The Labute approximate surface area is 93.9 Å². The number of ketones is 1. The first-order valence-corrected chi connectivity index (χ1v) is 6.10. The minimum atomic E-state index is 0.194. The Bertz CT molecular complexity index is 256. The molecule has 1 saturated carbocycles. The molecule has 4 unspecified atom stereocenters. The maximum absolute atomic E-state index is 11.7. The lowest BCUT2D eigenvalue weighted by Crippen LogP contribution is -2.34. The maximum Gasteiger partial charge on any atom is 0.133 e. The number of hydrogen-bond acceptors (Lipinski definition) is 1. The second-order valence-corrected chi connectivity index (χ2v) is 5.30. The van der Waals surface area contributed by atoms with Crippen LogP contribution in [-0.2, 0) is 4.79 Å². The minimum absolute atomic E-state index is 0.194. The van der Waals surface area contributed by atoms with Crippen LogP contribution in [0, 0.1) is 23.2 Å². The van der Waals surface area contributed by atoms with Crippen molar-refractivity contribution in [2.24, 2.45) is 23.2 Å². The van der Waals surface area contributed by atoms with E-state index in [-0.39, 0.29) is 11.3 Å². The number of hydrogen-bond donors (Lipinski definition) is 0. The standard InChI is InChI=1S/C14H24O/c1-6-10(3)12-8-9-13(11(4)15)14(12,5)7-2/h6,10,12-13H,1,7-9H2,2-5H3. The van der Waals surface area contributed by atoms with E-state index in [1.54, 1.807) is 6.92 Å². The third-order valence-corrected chi connectivity index (χ3v) is 4.67. The van der Waals surface area contributed by atoms with Gasteiger partial charge in [0.25, 0.3) is 0 Å². The molecule has 0 heterocycles. The van der Waals surface area contributed by atoms with Gasteiger partial charge in [-0.2, -0.15) is 0 Å². The predicted octanol–water partition coefficient (Wildman–Crippen LogP) is 3.84. The van der Waals surface area contributed by atoms with Crippen LogP contribution in [0.25, 0.3) is 0 Å². The molecule has 1 nitrogen and oxygen atoms in total. The van der Waals surface area contributed by atoms with Gasteiger partial charge in [0.2, 0.25) is 0 Å². The summed E-state index contributed by atoms with van der Waals surface area (Å²) in [5.74, 6) is 1.81. The van der Waals surface area contributed by atoms with E-state index in [2.05, 4.69) is 27.4 Å². The molecule has 0 N–H and O–H groups in total. The van der Waals surface area contributed by atoms with Crippen molar-refractivity contribution >= 4 is 5.78 Å². The topological polar surface area (TPSA) is 17.1 Å². The predicted molar refractivity (Wildman–Crippen MR) is 64.7 cm³/mol. The second-order valence-electron chi connectivity index (χ2n) is 5.30. The summed E-state index contributed by atoms with van der Waals surface area (Å²) in [6, 6.07) is 0. The van der Waals surface area contributed by atoms with Gasteiger partial charge in [0.15, 0.2) is 0 Å². The quantitative estimate of drug-likeness (QED) is 0.641. The van der Waals surface area contributed by atoms with Gasteiger partial charge in [0.1, 0.15) is 5.78 Å². The second kappa shape index (κ2) is 4.51. The number of rotatable bonds is 4. The van der Waals surface area contributed by atoms with Crippen molar-refractivity contribution in [1.29, 1.82) is 0 Å². The van der Waals surface area contributed by atoms with Crippen molar-refractivity contribution < 1.29 is 4.79 Å². The first-order valence-electron chi connectivity index (χ1n) is 6.10. The summed E-state index contributed by atoms with van der Waals surface area (Å²) in [7, 11) is 0. The van der Waals surface area contributed by atoms with Gasteiger partial charge >= 0.3 is 0 Å². The van der Waals surface area contributed by atoms with Crippen LogP contribution in [0.5, 0.6) is 0 Å². The van der Waals surface area contributed by atoms with Crippen molar-refractivity contribution in [2.45, 2.75) is 47.0 Å². The van der Waals surface area contributed by atoms with E-state index in [1.807, 2.05) is 6.08 Å². The smallest absolute Gasteiger partial charge is 0.133 e. The Morgan fingerprint density at radius 2 is 2.20 bits per heavy atom. The van der Waals surface area contributed by atoms with Gasteiger partial charge in [-0.25, -0.2) is 0 Å². The minimum Gasteiger partial charge on any atom is -0.300 e. The van der Waals surface area contributed by atoms with Gasteiger partial charge in [-0.3, -0.25) is 4.79 Å². The zero-order valence-electron chi connectivity index (χ0n) is 10.5. The average Bonchev–Trinajstić information content (AvgIpc) is 2.55. The van der Waals surface area contributed by atoms with Crippen LogP contribution in [0.15, 0.2) is 12.7 Å². The summed E-state index contributed by atoms with van der Waals surface area (Å²) in [4.78, 5) is 11.7. The molecule has 4 atom stereocenters. The fraction of sp³-hybridized carbons (Fsp3) is 0.786. The lowest BCUT2D eigenvalue weighted by atomic mass is 9.67. The van der Waals surface area contributed by atoms with Crippen LogP contribution in [0.3, 0.4) is 0 Å². The zero-order valence-corrected chi connectivity index (χ0v) is 10.5. The van der Waals surface area contributed by atoms with E-state index in [9.17, 15) is 4.79 Å². The molecule has 1 fully saturated rings. The summed E-state index contributed by atoms with van der Waals surface area (Å²) in [5.41, 5.74) is 0.194. The highest BCUT2D eigenvalue weighted by Crippen LogP contribution is 2.53. The van der Waals surface area contributed by atoms with Crippen molar-refractivity contribution in [3.8, 4) is 0 Å². The molecule has 1 aliphatic carbocycles. The zero-order chi connectivity index (χ0) is 11.6. The van der Waals surface area contributed by atoms with Crippen LogP contribution < -0.4 is 0 Å². The Hall–Kier alpha value is -0.590. The van der Waals surface area contributed by atoms with E-state index in [4.69, 9.17) is 0 Å². The largest absolute Gasteiger partial charge is 0.300 e. The van der Waals surface area contributed by atoms with Crippen LogP contribution in [0.2, 0.25) is 0 Å². The highest BCUT2D eigenvalue weighted by Gasteiger charge is 2.48. The van der Waals surface area contributed by atoms with E-state index in [0.717, 1.165) is 12.8 Å². The molecule has 0 aromatic carbocycles. The van der Waals surface area contributed by atoms with Gasteiger partial charge in [-0.15, -0.1) is 6.58 Å². The number of allylic oxidation sites excluding steroid dienone is 1. The Balaban J connectivity index is 2.94. The van der Waals surface area contributed by atoms with Gasteiger partial charge in [0.05, 0.1) is 0 Å². The van der Waals surface area contributed by atoms with Crippen LogP contribution in [0.4, 0.5) is 0 Å². The molecule has 0 aliphatic heterocycles. The molecule has 1 rings (SSSR count). The van der Waals surface area contributed by atoms with Crippen molar-refractivity contribution in [1.82, 2.24) is 0 Å². The summed E-state index contributed by atoms with van der Waals surface area (Å²) >= 11 is 0.